The molecule has 2 aromatic rings. The predicted molar refractivity (Wildman–Crippen MR) is 216 cm³/mol. The van der Waals surface area contributed by atoms with E-state index in [4.69, 9.17) is 31.3 Å². The van der Waals surface area contributed by atoms with Crippen LogP contribution in [0.1, 0.15) is 73.8 Å². The molecule has 1 amide bonds. The van der Waals surface area contributed by atoms with E-state index in [0.717, 1.165) is 37.2 Å². The number of hydrogen-bond donors (Lipinski definition) is 1. The minimum atomic E-state index is -3.71. The summed E-state index contributed by atoms with van der Waals surface area (Å²) >= 11 is 0. The lowest BCUT2D eigenvalue weighted by molar-refractivity contribution is 0.0700. The van der Waals surface area contributed by atoms with Gasteiger partial charge in [0, 0.05) is 77.1 Å². The molecule has 54 heavy (non-hydrogen) atoms. The minimum Gasteiger partial charge on any atom is -0.448 e. The molecule has 0 aliphatic carbocycles. The Bertz CT molecular complexity index is 1460. The van der Waals surface area contributed by atoms with Crippen LogP contribution >= 0.6 is 0 Å². The summed E-state index contributed by atoms with van der Waals surface area (Å²) in [5.74, 6) is -0.360. The molecule has 0 saturated heterocycles. The Morgan fingerprint density at radius 1 is 0.685 bits per heavy atom. The first-order valence-corrected chi connectivity index (χ1v) is 24.9. The molecule has 0 radical (unpaired) electrons. The van der Waals surface area contributed by atoms with Crippen LogP contribution in [0, 0.1) is 0 Å². The summed E-state index contributed by atoms with van der Waals surface area (Å²) in [7, 11) is -9.28. The largest absolute Gasteiger partial charge is 0.500 e. The number of hydrogen-bond acceptors (Lipinski definition) is 13. The van der Waals surface area contributed by atoms with Gasteiger partial charge in [0.05, 0.1) is 22.0 Å². The number of azo groups is 1. The smallest absolute Gasteiger partial charge is 0.448 e. The topological polar surface area (TPSA) is 156 Å². The van der Waals surface area contributed by atoms with Crippen LogP contribution in [0.5, 0.6) is 0 Å². The normalized spacial score (nSPS) is 12.4. The van der Waals surface area contributed by atoms with Gasteiger partial charge in [0.2, 0.25) is 0 Å². The fourth-order valence-electron chi connectivity index (χ4n) is 5.95. The first-order valence-electron chi connectivity index (χ1n) is 19.4. The summed E-state index contributed by atoms with van der Waals surface area (Å²) in [4.78, 5) is 14.6. The van der Waals surface area contributed by atoms with Gasteiger partial charge in [0.25, 0.3) is 0 Å². The second-order valence-corrected chi connectivity index (χ2v) is 19.6. The average molecular weight is 813 g/mol. The second kappa shape index (κ2) is 25.4. The Hall–Kier alpha value is -2.75. The van der Waals surface area contributed by atoms with Crippen LogP contribution in [0.25, 0.3) is 0 Å². The highest BCUT2D eigenvalue weighted by atomic mass is 32.2. The molecule has 2 aromatic carbocycles. The minimum absolute atomic E-state index is 0.103. The quantitative estimate of drug-likeness (QED) is 0.0485. The Balaban J connectivity index is 2.01. The molecule has 0 aliphatic heterocycles. The molecule has 0 atom stereocenters. The maximum absolute atomic E-state index is 13.0. The lowest BCUT2D eigenvalue weighted by Crippen LogP contribution is -2.46. The number of carbonyl (C=O) groups is 1. The molecular formula is C37H64N4O10SSi2. The summed E-state index contributed by atoms with van der Waals surface area (Å²) in [5.41, 5.74) is 3.49. The highest BCUT2D eigenvalue weighted by Gasteiger charge is 2.40. The molecule has 0 aliphatic rings. The van der Waals surface area contributed by atoms with E-state index in [1.54, 1.807) is 12.1 Å². The fraction of sp³-hybridized carbons (Fsp3) is 0.649. The third-order valence-electron chi connectivity index (χ3n) is 8.27. The number of ether oxygens (including phenoxy) is 1. The van der Waals surface area contributed by atoms with Gasteiger partial charge >= 0.3 is 23.7 Å². The van der Waals surface area contributed by atoms with Crippen LogP contribution in [0.3, 0.4) is 0 Å². The summed E-state index contributed by atoms with van der Waals surface area (Å²) in [5, 5.41) is 11.5. The van der Waals surface area contributed by atoms with Gasteiger partial charge < -0.3 is 41.5 Å². The molecule has 1 N–H and O–H groups in total. The Morgan fingerprint density at radius 2 is 1.17 bits per heavy atom. The number of benzene rings is 2. The first kappa shape index (κ1) is 47.4. The van der Waals surface area contributed by atoms with Gasteiger partial charge in [-0.1, -0.05) is 0 Å². The van der Waals surface area contributed by atoms with Crippen LogP contribution in [0.4, 0.5) is 21.9 Å². The van der Waals surface area contributed by atoms with Gasteiger partial charge in [-0.15, -0.1) is 0 Å². The Kier molecular flexibility index (Phi) is 22.3. The molecule has 17 heteroatoms. The van der Waals surface area contributed by atoms with Gasteiger partial charge in [-0.05, 0) is 123 Å². The van der Waals surface area contributed by atoms with Gasteiger partial charge in [-0.25, -0.2) is 13.2 Å². The lowest BCUT2D eigenvalue weighted by Gasteiger charge is -2.29. The summed E-state index contributed by atoms with van der Waals surface area (Å²) in [6, 6.07) is 13.5. The Labute approximate surface area is 325 Å². The third kappa shape index (κ3) is 15.8. The van der Waals surface area contributed by atoms with E-state index in [1.807, 2.05) is 47.6 Å². The number of alkyl carbamates (subject to hydrolysis) is 1. The van der Waals surface area contributed by atoms with Crippen molar-refractivity contribution in [3.63, 3.8) is 0 Å². The van der Waals surface area contributed by atoms with Gasteiger partial charge in [-0.2, -0.15) is 10.2 Å². The van der Waals surface area contributed by atoms with E-state index in [9.17, 15) is 13.2 Å². The number of anilines is 1. The SMILES string of the molecule is CCO[Si](CCCNC(=O)OCCS(=O)(=O)c1ccc(N=Nc2ccc(N(CC)CC)c(CCC[Si](OCC)(OCC)OCC)c2)cc1)(OCC)OCC. The van der Waals surface area contributed by atoms with Crippen molar-refractivity contribution < 1.29 is 44.5 Å². The van der Waals surface area contributed by atoms with Crippen LogP contribution in [-0.4, -0.2) is 104 Å². The predicted octanol–water partition coefficient (Wildman–Crippen LogP) is 7.87. The van der Waals surface area contributed by atoms with Gasteiger partial charge in [0.1, 0.15) is 6.61 Å². The third-order valence-corrected chi connectivity index (χ3v) is 16.3. The van der Waals surface area contributed by atoms with Gasteiger partial charge in [-0.3, -0.25) is 0 Å². The maximum Gasteiger partial charge on any atom is 0.500 e. The highest BCUT2D eigenvalue weighted by Crippen LogP contribution is 2.30. The number of nitrogens with zero attached hydrogens (tertiary/aromatic N) is 3. The van der Waals surface area contributed by atoms with E-state index < -0.39 is 33.5 Å². The fourth-order valence-corrected chi connectivity index (χ4v) is 12.3. The van der Waals surface area contributed by atoms with E-state index in [1.165, 1.54) is 12.1 Å². The van der Waals surface area contributed by atoms with Crippen molar-refractivity contribution in [1.29, 1.82) is 0 Å². The molecular weight excluding hydrogens is 749 g/mol. The zero-order valence-electron chi connectivity index (χ0n) is 33.7. The summed E-state index contributed by atoms with van der Waals surface area (Å²) < 4.78 is 66.7. The molecule has 0 saturated carbocycles. The first-order chi connectivity index (χ1) is 26.0. The monoisotopic (exact) mass is 812 g/mol. The average Bonchev–Trinajstić information content (AvgIpc) is 3.14. The van der Waals surface area contributed by atoms with Crippen LogP contribution in [0.2, 0.25) is 12.1 Å². The molecule has 0 heterocycles. The van der Waals surface area contributed by atoms with Crippen LogP contribution in [0.15, 0.2) is 57.6 Å². The molecule has 2 rings (SSSR count). The number of sulfone groups is 1. The lowest BCUT2D eigenvalue weighted by atomic mass is 10.1. The van der Waals surface area contributed by atoms with Crippen molar-refractivity contribution >= 4 is 50.6 Å². The molecule has 14 nitrogen and oxygen atoms in total. The van der Waals surface area contributed by atoms with Crippen molar-refractivity contribution in [2.75, 3.05) is 76.5 Å². The van der Waals surface area contributed by atoms with E-state index in [2.05, 4.69) is 46.4 Å². The van der Waals surface area contributed by atoms with Crippen molar-refractivity contribution in [2.45, 2.75) is 91.6 Å². The van der Waals surface area contributed by atoms with Crippen molar-refractivity contribution in [3.05, 3.63) is 48.0 Å². The van der Waals surface area contributed by atoms with Crippen molar-refractivity contribution in [3.8, 4) is 0 Å². The standard InChI is InChI=1S/C37H64N4O10SSi2/c1-9-41(10-2)36-25-22-34(31-32(36)19-17-29-53(46-11-3,47-12-4)48-13-5)40-39-33-20-23-35(24-21-33)52(43,44)28-27-45-37(42)38-26-18-30-54(49-14-6,50-15-7)51-16-8/h20-25,31H,9-19,26-30H2,1-8H3,(H,38,42). The number of amides is 1. The summed E-state index contributed by atoms with van der Waals surface area (Å²) in [6.07, 6.45) is 1.48. The molecule has 0 fully saturated rings. The van der Waals surface area contributed by atoms with E-state index in [0.29, 0.717) is 76.1 Å². The van der Waals surface area contributed by atoms with Crippen molar-refractivity contribution in [2.24, 2.45) is 10.2 Å². The number of rotatable bonds is 29. The summed E-state index contributed by atoms with van der Waals surface area (Å²) in [6.45, 7) is 20.6. The zero-order chi connectivity index (χ0) is 39.9. The molecule has 0 spiro atoms. The number of nitrogens with one attached hydrogen (secondary N) is 1. The maximum atomic E-state index is 13.0. The Morgan fingerprint density at radius 3 is 1.67 bits per heavy atom. The second-order valence-electron chi connectivity index (χ2n) is 12.0. The van der Waals surface area contributed by atoms with Crippen LogP contribution in [-0.2, 0) is 47.6 Å². The zero-order valence-corrected chi connectivity index (χ0v) is 36.5. The van der Waals surface area contributed by atoms with Crippen molar-refractivity contribution in [1.82, 2.24) is 5.32 Å². The molecule has 0 unspecified atom stereocenters. The molecule has 0 bridgehead atoms. The molecule has 306 valence electrons. The highest BCUT2D eigenvalue weighted by molar-refractivity contribution is 7.91. The van der Waals surface area contributed by atoms with E-state index in [-0.39, 0.29) is 17.3 Å². The number of aryl methyl sites for hydroxylation is 1. The number of carbonyl (C=O) groups excluding carboxylic acids is 1. The van der Waals surface area contributed by atoms with Crippen LogP contribution < -0.4 is 10.2 Å². The van der Waals surface area contributed by atoms with E-state index >= 15 is 0 Å². The van der Waals surface area contributed by atoms with Gasteiger partial charge in [0.15, 0.2) is 9.84 Å². The molecule has 0 aromatic heterocycles.